The highest BCUT2D eigenvalue weighted by atomic mass is 16.5. The molecule has 3 heteroatoms. The maximum Gasteiger partial charge on any atom is 0.223 e. The van der Waals surface area contributed by atoms with Crippen LogP contribution in [0.2, 0.25) is 0 Å². The summed E-state index contributed by atoms with van der Waals surface area (Å²) in [5.41, 5.74) is 0. The third kappa shape index (κ3) is 2.81. The van der Waals surface area contributed by atoms with E-state index in [1.165, 1.54) is 0 Å². The molecule has 1 aliphatic rings. The molecule has 1 aliphatic heterocycles. The molecule has 0 aromatic carbocycles. The van der Waals surface area contributed by atoms with E-state index in [2.05, 4.69) is 5.32 Å². The van der Waals surface area contributed by atoms with Gasteiger partial charge < -0.3 is 10.1 Å². The Bertz CT molecular complexity index is 147. The predicted octanol–water partition coefficient (Wildman–Crippen LogP) is 0.939. The van der Waals surface area contributed by atoms with Gasteiger partial charge in [0.05, 0.1) is 0 Å². The summed E-state index contributed by atoms with van der Waals surface area (Å²) in [7, 11) is 1.71. The lowest BCUT2D eigenvalue weighted by Gasteiger charge is -2.05. The van der Waals surface area contributed by atoms with Gasteiger partial charge in [-0.05, 0) is 19.3 Å². The fourth-order valence-corrected chi connectivity index (χ4v) is 1.56. The first-order valence-electron chi connectivity index (χ1n) is 4.61. The number of ether oxygens (including phenoxy) is 1. The first-order valence-corrected chi connectivity index (χ1v) is 4.61. The Balaban J connectivity index is 2.02. The summed E-state index contributed by atoms with van der Waals surface area (Å²) in [6, 6.07) is 0. The molecule has 1 amide bonds. The molecular formula is C9H17NO2. The van der Waals surface area contributed by atoms with E-state index in [1.54, 1.807) is 7.11 Å². The summed E-state index contributed by atoms with van der Waals surface area (Å²) >= 11 is 0. The van der Waals surface area contributed by atoms with Crippen LogP contribution in [0.5, 0.6) is 0 Å². The van der Waals surface area contributed by atoms with E-state index < -0.39 is 0 Å². The molecule has 1 atom stereocenters. The number of methoxy groups -OCH3 is 1. The predicted molar refractivity (Wildman–Crippen MR) is 46.8 cm³/mol. The van der Waals surface area contributed by atoms with E-state index in [-0.39, 0.29) is 11.8 Å². The molecular weight excluding hydrogens is 154 g/mol. The highest BCUT2D eigenvalue weighted by Crippen LogP contribution is 2.16. The number of carbonyl (C=O) groups excluding carboxylic acids is 1. The molecule has 1 unspecified atom stereocenters. The van der Waals surface area contributed by atoms with E-state index >= 15 is 0 Å². The van der Waals surface area contributed by atoms with E-state index in [4.69, 9.17) is 4.74 Å². The third-order valence-corrected chi connectivity index (χ3v) is 2.31. The smallest absolute Gasteiger partial charge is 0.223 e. The average molecular weight is 171 g/mol. The first-order chi connectivity index (χ1) is 5.84. The average Bonchev–Trinajstić information content (AvgIpc) is 2.46. The number of rotatable bonds is 5. The molecule has 0 aromatic rings. The minimum atomic E-state index is 0.243. The summed E-state index contributed by atoms with van der Waals surface area (Å²) in [6.07, 6.45) is 4.22. The molecule has 0 aromatic heterocycles. The fraction of sp³-hybridized carbons (Fsp3) is 0.889. The zero-order valence-electron chi connectivity index (χ0n) is 7.64. The van der Waals surface area contributed by atoms with Crippen LogP contribution < -0.4 is 5.32 Å². The van der Waals surface area contributed by atoms with Crippen LogP contribution in [0.15, 0.2) is 0 Å². The second-order valence-corrected chi connectivity index (χ2v) is 3.27. The molecule has 0 bridgehead atoms. The van der Waals surface area contributed by atoms with Crippen molar-refractivity contribution in [2.75, 3.05) is 20.3 Å². The van der Waals surface area contributed by atoms with Gasteiger partial charge in [0, 0.05) is 26.2 Å². The lowest BCUT2D eigenvalue weighted by Crippen LogP contribution is -2.18. The van der Waals surface area contributed by atoms with Crippen LogP contribution in [-0.2, 0) is 9.53 Å². The zero-order valence-corrected chi connectivity index (χ0v) is 7.64. The SMILES string of the molecule is COCCCCC1CCNC1=O. The molecule has 1 rings (SSSR count). The van der Waals surface area contributed by atoms with Crippen LogP contribution in [0, 0.1) is 5.92 Å². The van der Waals surface area contributed by atoms with Crippen molar-refractivity contribution in [3.63, 3.8) is 0 Å². The second kappa shape index (κ2) is 5.14. The van der Waals surface area contributed by atoms with Gasteiger partial charge in [0.2, 0.25) is 5.91 Å². The molecule has 0 saturated carbocycles. The van der Waals surface area contributed by atoms with Gasteiger partial charge in [0.1, 0.15) is 0 Å². The highest BCUT2D eigenvalue weighted by Gasteiger charge is 2.22. The van der Waals surface area contributed by atoms with Crippen molar-refractivity contribution in [3.8, 4) is 0 Å². The standard InChI is InChI=1S/C9H17NO2/c1-12-7-3-2-4-8-5-6-10-9(8)11/h8H,2-7H2,1H3,(H,10,11). The molecule has 1 heterocycles. The van der Waals surface area contributed by atoms with Crippen LogP contribution in [-0.4, -0.2) is 26.2 Å². The van der Waals surface area contributed by atoms with Gasteiger partial charge in [-0.15, -0.1) is 0 Å². The van der Waals surface area contributed by atoms with E-state index in [0.29, 0.717) is 0 Å². The zero-order chi connectivity index (χ0) is 8.81. The molecule has 0 spiro atoms. The quantitative estimate of drug-likeness (QED) is 0.625. The lowest BCUT2D eigenvalue weighted by molar-refractivity contribution is -0.122. The lowest BCUT2D eigenvalue weighted by atomic mass is 10.0. The Kier molecular flexibility index (Phi) is 4.08. The largest absolute Gasteiger partial charge is 0.385 e. The monoisotopic (exact) mass is 171 g/mol. The summed E-state index contributed by atoms with van der Waals surface area (Å²) in [6.45, 7) is 1.68. The Morgan fingerprint density at radius 1 is 1.58 bits per heavy atom. The molecule has 12 heavy (non-hydrogen) atoms. The second-order valence-electron chi connectivity index (χ2n) is 3.27. The van der Waals surface area contributed by atoms with Crippen molar-refractivity contribution < 1.29 is 9.53 Å². The molecule has 70 valence electrons. The van der Waals surface area contributed by atoms with Crippen molar-refractivity contribution in [1.29, 1.82) is 0 Å². The van der Waals surface area contributed by atoms with E-state index in [1.807, 2.05) is 0 Å². The number of hydrogen-bond acceptors (Lipinski definition) is 2. The summed E-state index contributed by atoms with van der Waals surface area (Å²) in [5, 5.41) is 2.84. The van der Waals surface area contributed by atoms with E-state index in [0.717, 1.165) is 38.8 Å². The van der Waals surface area contributed by atoms with Crippen molar-refractivity contribution >= 4 is 5.91 Å². The van der Waals surface area contributed by atoms with E-state index in [9.17, 15) is 4.79 Å². The van der Waals surface area contributed by atoms with Gasteiger partial charge in [-0.2, -0.15) is 0 Å². The number of hydrogen-bond donors (Lipinski definition) is 1. The molecule has 1 saturated heterocycles. The molecule has 0 radical (unpaired) electrons. The third-order valence-electron chi connectivity index (χ3n) is 2.31. The van der Waals surface area contributed by atoms with Gasteiger partial charge in [0.25, 0.3) is 0 Å². The van der Waals surface area contributed by atoms with Crippen LogP contribution in [0.3, 0.4) is 0 Å². The van der Waals surface area contributed by atoms with Gasteiger partial charge in [-0.3, -0.25) is 4.79 Å². The van der Waals surface area contributed by atoms with Crippen molar-refractivity contribution in [3.05, 3.63) is 0 Å². The highest BCUT2D eigenvalue weighted by molar-refractivity contribution is 5.80. The molecule has 1 N–H and O–H groups in total. The maximum atomic E-state index is 11.1. The van der Waals surface area contributed by atoms with Crippen molar-refractivity contribution in [2.24, 2.45) is 5.92 Å². The van der Waals surface area contributed by atoms with Crippen molar-refractivity contribution in [1.82, 2.24) is 5.32 Å². The molecule has 0 aliphatic carbocycles. The van der Waals surface area contributed by atoms with Crippen LogP contribution >= 0.6 is 0 Å². The van der Waals surface area contributed by atoms with Crippen LogP contribution in [0.25, 0.3) is 0 Å². The molecule has 3 nitrogen and oxygen atoms in total. The van der Waals surface area contributed by atoms with Crippen LogP contribution in [0.4, 0.5) is 0 Å². The number of nitrogens with one attached hydrogen (secondary N) is 1. The summed E-state index contributed by atoms with van der Waals surface area (Å²) in [4.78, 5) is 11.1. The maximum absolute atomic E-state index is 11.1. The van der Waals surface area contributed by atoms with Gasteiger partial charge >= 0.3 is 0 Å². The fourth-order valence-electron chi connectivity index (χ4n) is 1.56. The Morgan fingerprint density at radius 3 is 3.00 bits per heavy atom. The van der Waals surface area contributed by atoms with Gasteiger partial charge in [0.15, 0.2) is 0 Å². The number of unbranched alkanes of at least 4 members (excludes halogenated alkanes) is 1. The van der Waals surface area contributed by atoms with Gasteiger partial charge in [-0.25, -0.2) is 0 Å². The van der Waals surface area contributed by atoms with Crippen LogP contribution in [0.1, 0.15) is 25.7 Å². The molecule has 1 fully saturated rings. The summed E-state index contributed by atoms with van der Waals surface area (Å²) in [5.74, 6) is 0.522. The Hall–Kier alpha value is -0.570. The minimum absolute atomic E-state index is 0.243. The normalized spacial score (nSPS) is 22.8. The number of amides is 1. The number of carbonyl (C=O) groups is 1. The summed E-state index contributed by atoms with van der Waals surface area (Å²) < 4.78 is 4.93. The Labute approximate surface area is 73.5 Å². The first kappa shape index (κ1) is 9.52. The topological polar surface area (TPSA) is 38.3 Å². The Morgan fingerprint density at radius 2 is 2.42 bits per heavy atom. The van der Waals surface area contributed by atoms with Gasteiger partial charge in [-0.1, -0.05) is 6.42 Å². The van der Waals surface area contributed by atoms with Crippen molar-refractivity contribution in [2.45, 2.75) is 25.7 Å². The minimum Gasteiger partial charge on any atom is -0.385 e.